The van der Waals surface area contributed by atoms with E-state index in [1.54, 1.807) is 6.07 Å². The molecule has 0 unspecified atom stereocenters. The molecule has 1 amide bonds. The Hall–Kier alpha value is -2.44. The van der Waals surface area contributed by atoms with Crippen LogP contribution in [0.1, 0.15) is 25.8 Å². The lowest BCUT2D eigenvalue weighted by Gasteiger charge is -2.29. The number of hydrazone groups is 1. The average Bonchev–Trinajstić information content (AvgIpc) is 2.28. The van der Waals surface area contributed by atoms with E-state index in [1.165, 1.54) is 12.1 Å². The fraction of sp³-hybridized carbons (Fsp3) is 0.333. The minimum Gasteiger partial charge on any atom is -0.502 e. The molecule has 19 heavy (non-hydrogen) atoms. The molecular weight excluding hydrogens is 250 g/mol. The van der Waals surface area contributed by atoms with Crippen LogP contribution in [0.25, 0.3) is 0 Å². The number of phenolic OH excluding ortho intramolecular Hbond substituents is 1. The van der Waals surface area contributed by atoms with Gasteiger partial charge in [0.2, 0.25) is 5.91 Å². The lowest BCUT2D eigenvalue weighted by Crippen LogP contribution is -2.39. The van der Waals surface area contributed by atoms with E-state index in [1.807, 2.05) is 13.8 Å². The third kappa shape index (κ3) is 2.40. The van der Waals surface area contributed by atoms with Crippen LogP contribution in [0.15, 0.2) is 23.3 Å². The monoisotopic (exact) mass is 263 g/mol. The molecule has 2 rings (SSSR count). The first-order chi connectivity index (χ1) is 8.81. The predicted molar refractivity (Wildman–Crippen MR) is 67.8 cm³/mol. The molecule has 1 aliphatic heterocycles. The molecular formula is C12H13N3O4. The number of phenols is 1. The second-order valence-electron chi connectivity index (χ2n) is 5.02. The zero-order valence-electron chi connectivity index (χ0n) is 10.5. The molecule has 0 spiro atoms. The normalized spacial score (nSPS) is 17.6. The van der Waals surface area contributed by atoms with Crippen LogP contribution in [-0.2, 0) is 4.79 Å². The lowest BCUT2D eigenvalue weighted by atomic mass is 9.79. The molecule has 1 aromatic rings. The molecule has 0 aromatic heterocycles. The summed E-state index contributed by atoms with van der Waals surface area (Å²) in [6.07, 6.45) is 0.251. The van der Waals surface area contributed by atoms with Gasteiger partial charge in [-0.2, -0.15) is 5.10 Å². The summed E-state index contributed by atoms with van der Waals surface area (Å²) in [4.78, 5) is 21.5. The van der Waals surface area contributed by atoms with Gasteiger partial charge in [0.25, 0.3) is 0 Å². The summed E-state index contributed by atoms with van der Waals surface area (Å²) in [5, 5.41) is 24.2. The minimum absolute atomic E-state index is 0.193. The van der Waals surface area contributed by atoms with Gasteiger partial charge in [0.05, 0.1) is 10.6 Å². The van der Waals surface area contributed by atoms with Crippen molar-refractivity contribution in [2.24, 2.45) is 10.5 Å². The number of amides is 1. The van der Waals surface area contributed by atoms with E-state index in [0.29, 0.717) is 11.3 Å². The van der Waals surface area contributed by atoms with E-state index in [9.17, 15) is 20.0 Å². The third-order valence-electron chi connectivity index (χ3n) is 2.98. The van der Waals surface area contributed by atoms with Crippen LogP contribution in [0.2, 0.25) is 0 Å². The Bertz CT molecular complexity index is 593. The number of carbonyl (C=O) groups is 1. The summed E-state index contributed by atoms with van der Waals surface area (Å²) in [7, 11) is 0. The highest BCUT2D eigenvalue weighted by Gasteiger charge is 2.33. The van der Waals surface area contributed by atoms with Crippen molar-refractivity contribution in [2.45, 2.75) is 20.3 Å². The molecule has 7 nitrogen and oxygen atoms in total. The Morgan fingerprint density at radius 1 is 1.47 bits per heavy atom. The molecule has 0 radical (unpaired) electrons. The molecule has 0 atom stereocenters. The molecule has 1 heterocycles. The van der Waals surface area contributed by atoms with E-state index in [4.69, 9.17) is 0 Å². The minimum atomic E-state index is -0.659. The number of nitrogens with one attached hydrogen (secondary N) is 1. The summed E-state index contributed by atoms with van der Waals surface area (Å²) >= 11 is 0. The number of nitro benzene ring substituents is 1. The van der Waals surface area contributed by atoms with Crippen molar-refractivity contribution in [2.75, 3.05) is 0 Å². The molecule has 1 aromatic carbocycles. The summed E-state index contributed by atoms with van der Waals surface area (Å²) < 4.78 is 0. The van der Waals surface area contributed by atoms with E-state index >= 15 is 0 Å². The number of nitro groups is 1. The quantitative estimate of drug-likeness (QED) is 0.623. The number of benzene rings is 1. The number of hydrogen-bond acceptors (Lipinski definition) is 5. The van der Waals surface area contributed by atoms with E-state index in [0.717, 1.165) is 0 Å². The molecule has 0 aliphatic carbocycles. The van der Waals surface area contributed by atoms with Crippen LogP contribution in [0.4, 0.5) is 5.69 Å². The third-order valence-corrected chi connectivity index (χ3v) is 2.98. The maximum Gasteiger partial charge on any atom is 0.311 e. The fourth-order valence-electron chi connectivity index (χ4n) is 2.07. The number of rotatable bonds is 2. The van der Waals surface area contributed by atoms with Gasteiger partial charge in [0, 0.05) is 23.5 Å². The van der Waals surface area contributed by atoms with Gasteiger partial charge in [-0.3, -0.25) is 14.9 Å². The summed E-state index contributed by atoms with van der Waals surface area (Å²) in [6.45, 7) is 3.67. The molecule has 1 aliphatic rings. The van der Waals surface area contributed by atoms with Gasteiger partial charge >= 0.3 is 5.69 Å². The molecule has 0 bridgehead atoms. The van der Waals surface area contributed by atoms with Crippen LogP contribution < -0.4 is 5.43 Å². The topological polar surface area (TPSA) is 105 Å². The summed E-state index contributed by atoms with van der Waals surface area (Å²) in [6, 6.07) is 4.05. The van der Waals surface area contributed by atoms with Crippen molar-refractivity contribution in [1.82, 2.24) is 5.43 Å². The summed E-state index contributed by atoms with van der Waals surface area (Å²) in [5.74, 6) is -0.589. The summed E-state index contributed by atoms with van der Waals surface area (Å²) in [5.41, 5.74) is 2.52. The van der Waals surface area contributed by atoms with Gasteiger partial charge in [-0.1, -0.05) is 13.8 Å². The van der Waals surface area contributed by atoms with Crippen molar-refractivity contribution in [1.29, 1.82) is 0 Å². The van der Waals surface area contributed by atoms with Gasteiger partial charge in [0.1, 0.15) is 0 Å². The van der Waals surface area contributed by atoms with Gasteiger partial charge in [-0.05, 0) is 12.1 Å². The molecule has 0 saturated carbocycles. The SMILES string of the molecule is CC1(C)CC(=O)NN=C1c1ccc(O)c([N+](=O)[O-])c1. The molecule has 7 heteroatoms. The van der Waals surface area contributed by atoms with Crippen LogP contribution in [0, 0.1) is 15.5 Å². The maximum absolute atomic E-state index is 11.3. The molecule has 100 valence electrons. The Labute approximate surface area is 109 Å². The largest absolute Gasteiger partial charge is 0.502 e. The van der Waals surface area contributed by atoms with Crippen LogP contribution in [-0.4, -0.2) is 21.6 Å². The van der Waals surface area contributed by atoms with E-state index < -0.39 is 16.1 Å². The highest BCUT2D eigenvalue weighted by atomic mass is 16.6. The fourth-order valence-corrected chi connectivity index (χ4v) is 2.07. The Kier molecular flexibility index (Phi) is 2.97. The van der Waals surface area contributed by atoms with E-state index in [2.05, 4.69) is 10.5 Å². The number of hydrogen-bond donors (Lipinski definition) is 2. The molecule has 2 N–H and O–H groups in total. The highest BCUT2D eigenvalue weighted by Crippen LogP contribution is 2.33. The Morgan fingerprint density at radius 3 is 2.74 bits per heavy atom. The van der Waals surface area contributed by atoms with Gasteiger partial charge < -0.3 is 5.11 Å². The number of nitrogens with zero attached hydrogens (tertiary/aromatic N) is 2. The lowest BCUT2D eigenvalue weighted by molar-refractivity contribution is -0.385. The van der Waals surface area contributed by atoms with Crippen LogP contribution >= 0.6 is 0 Å². The van der Waals surface area contributed by atoms with Gasteiger partial charge in [0.15, 0.2) is 5.75 Å². The first-order valence-corrected chi connectivity index (χ1v) is 5.66. The number of aromatic hydroxyl groups is 1. The van der Waals surface area contributed by atoms with Crippen LogP contribution in [0.5, 0.6) is 5.75 Å². The first kappa shape index (κ1) is 13.0. The second kappa shape index (κ2) is 4.34. The Morgan fingerprint density at radius 2 is 2.16 bits per heavy atom. The van der Waals surface area contributed by atoms with Crippen molar-refractivity contribution in [3.05, 3.63) is 33.9 Å². The van der Waals surface area contributed by atoms with Crippen LogP contribution in [0.3, 0.4) is 0 Å². The molecule has 0 saturated heterocycles. The van der Waals surface area contributed by atoms with Crippen molar-refractivity contribution < 1.29 is 14.8 Å². The van der Waals surface area contributed by atoms with Gasteiger partial charge in [-0.15, -0.1) is 0 Å². The Balaban J connectivity index is 2.50. The standard InChI is InChI=1S/C12H13N3O4/c1-12(2)6-10(17)13-14-11(12)7-3-4-9(16)8(5-7)15(18)19/h3-5,16H,6H2,1-2H3,(H,13,17). The molecule has 0 fully saturated rings. The smallest absolute Gasteiger partial charge is 0.311 e. The zero-order valence-corrected chi connectivity index (χ0v) is 10.5. The van der Waals surface area contributed by atoms with Crippen molar-refractivity contribution in [3.63, 3.8) is 0 Å². The van der Waals surface area contributed by atoms with Crippen molar-refractivity contribution in [3.8, 4) is 5.75 Å². The van der Waals surface area contributed by atoms with E-state index in [-0.39, 0.29) is 18.0 Å². The predicted octanol–water partition coefficient (Wildman–Crippen LogP) is 1.55. The highest BCUT2D eigenvalue weighted by molar-refractivity contribution is 6.08. The first-order valence-electron chi connectivity index (χ1n) is 5.66. The van der Waals surface area contributed by atoms with Gasteiger partial charge in [-0.25, -0.2) is 5.43 Å². The number of carbonyl (C=O) groups excluding carboxylic acids is 1. The average molecular weight is 263 g/mol. The zero-order chi connectivity index (χ0) is 14.2. The second-order valence-corrected chi connectivity index (χ2v) is 5.02. The van der Waals surface area contributed by atoms with Crippen molar-refractivity contribution >= 4 is 17.3 Å². The maximum atomic E-state index is 11.3.